The molecular weight excluding hydrogens is 278 g/mol. The Kier molecular flexibility index (Phi) is 5.55. The van der Waals surface area contributed by atoms with Crippen molar-refractivity contribution in [3.63, 3.8) is 0 Å². The first-order valence-corrected chi connectivity index (χ1v) is 7.25. The predicted molar refractivity (Wildman–Crippen MR) is 78.5 cm³/mol. The van der Waals surface area contributed by atoms with Crippen LogP contribution in [0.5, 0.6) is 0 Å². The number of halogens is 1. The molecule has 110 valence electrons. The molecule has 1 aromatic heterocycles. The molecule has 2 heterocycles. The lowest BCUT2D eigenvalue weighted by molar-refractivity contribution is -0.123. The molecule has 1 aromatic rings. The fourth-order valence-corrected chi connectivity index (χ4v) is 2.62. The highest BCUT2D eigenvalue weighted by Crippen LogP contribution is 2.17. The minimum absolute atomic E-state index is 0.00742. The lowest BCUT2D eigenvalue weighted by Crippen LogP contribution is -2.41. The van der Waals surface area contributed by atoms with E-state index in [1.807, 2.05) is 0 Å². The molecule has 1 saturated heterocycles. The molecule has 1 aliphatic rings. The van der Waals surface area contributed by atoms with Gasteiger partial charge in [-0.05, 0) is 32.4 Å². The SMILES string of the molecule is NC(=O)C1CCCN(CCCNc2ncncc2Cl)C1. The largest absolute Gasteiger partial charge is 0.369 e. The Morgan fingerprint density at radius 1 is 1.60 bits per heavy atom. The molecule has 0 spiro atoms. The van der Waals surface area contributed by atoms with Gasteiger partial charge in [0.2, 0.25) is 5.91 Å². The Labute approximate surface area is 123 Å². The molecule has 0 radical (unpaired) electrons. The van der Waals surface area contributed by atoms with Crippen molar-refractivity contribution in [3.05, 3.63) is 17.5 Å². The summed E-state index contributed by atoms with van der Waals surface area (Å²) in [6.45, 7) is 3.55. The number of anilines is 1. The highest BCUT2D eigenvalue weighted by atomic mass is 35.5. The molecule has 2 rings (SSSR count). The van der Waals surface area contributed by atoms with Crippen LogP contribution in [0.25, 0.3) is 0 Å². The average Bonchev–Trinajstić information content (AvgIpc) is 2.45. The lowest BCUT2D eigenvalue weighted by Gasteiger charge is -2.31. The zero-order chi connectivity index (χ0) is 14.4. The first kappa shape index (κ1) is 15.0. The molecule has 1 fully saturated rings. The van der Waals surface area contributed by atoms with Gasteiger partial charge >= 0.3 is 0 Å². The molecule has 0 bridgehead atoms. The monoisotopic (exact) mass is 297 g/mol. The Bertz CT molecular complexity index is 456. The molecule has 0 saturated carbocycles. The van der Waals surface area contributed by atoms with Gasteiger partial charge in [0.25, 0.3) is 0 Å². The first-order chi connectivity index (χ1) is 9.66. The van der Waals surface area contributed by atoms with E-state index < -0.39 is 0 Å². The maximum Gasteiger partial charge on any atom is 0.221 e. The van der Waals surface area contributed by atoms with Crippen LogP contribution in [0.3, 0.4) is 0 Å². The van der Waals surface area contributed by atoms with Crippen molar-refractivity contribution in [2.24, 2.45) is 11.7 Å². The van der Waals surface area contributed by atoms with Crippen LogP contribution < -0.4 is 11.1 Å². The van der Waals surface area contributed by atoms with Gasteiger partial charge in [0.15, 0.2) is 0 Å². The van der Waals surface area contributed by atoms with E-state index in [1.165, 1.54) is 6.33 Å². The van der Waals surface area contributed by atoms with E-state index in [2.05, 4.69) is 20.2 Å². The minimum atomic E-state index is -0.180. The number of nitrogens with two attached hydrogens (primary N) is 1. The summed E-state index contributed by atoms with van der Waals surface area (Å²) < 4.78 is 0. The summed E-state index contributed by atoms with van der Waals surface area (Å²) in [5, 5.41) is 3.71. The summed E-state index contributed by atoms with van der Waals surface area (Å²) in [6.07, 6.45) is 5.96. The van der Waals surface area contributed by atoms with Gasteiger partial charge in [-0.1, -0.05) is 11.6 Å². The number of hydrogen-bond acceptors (Lipinski definition) is 5. The summed E-state index contributed by atoms with van der Waals surface area (Å²) in [4.78, 5) is 21.4. The number of hydrogen-bond donors (Lipinski definition) is 2. The van der Waals surface area contributed by atoms with Crippen LogP contribution in [-0.2, 0) is 4.79 Å². The van der Waals surface area contributed by atoms with Crippen LogP contribution in [0, 0.1) is 5.92 Å². The van der Waals surface area contributed by atoms with Crippen LogP contribution in [0.1, 0.15) is 19.3 Å². The van der Waals surface area contributed by atoms with Gasteiger partial charge in [-0.25, -0.2) is 9.97 Å². The number of nitrogens with zero attached hydrogens (tertiary/aromatic N) is 3. The molecule has 6 nitrogen and oxygen atoms in total. The number of nitrogens with one attached hydrogen (secondary N) is 1. The second-order valence-corrected chi connectivity index (χ2v) is 5.45. The van der Waals surface area contributed by atoms with Crippen LogP contribution in [0.2, 0.25) is 5.02 Å². The molecule has 20 heavy (non-hydrogen) atoms. The van der Waals surface area contributed by atoms with E-state index >= 15 is 0 Å². The van der Waals surface area contributed by atoms with E-state index in [4.69, 9.17) is 17.3 Å². The van der Waals surface area contributed by atoms with Gasteiger partial charge in [0, 0.05) is 13.1 Å². The molecule has 1 unspecified atom stereocenters. The number of primary amides is 1. The molecular formula is C13H20ClN5O. The summed E-state index contributed by atoms with van der Waals surface area (Å²) >= 11 is 5.96. The average molecular weight is 298 g/mol. The van der Waals surface area contributed by atoms with E-state index in [1.54, 1.807) is 6.20 Å². The normalized spacial score (nSPS) is 19.8. The van der Waals surface area contributed by atoms with Gasteiger partial charge in [-0.2, -0.15) is 0 Å². The van der Waals surface area contributed by atoms with Crippen LogP contribution >= 0.6 is 11.6 Å². The van der Waals surface area contributed by atoms with Gasteiger partial charge < -0.3 is 16.0 Å². The van der Waals surface area contributed by atoms with E-state index in [0.717, 1.165) is 45.4 Å². The number of rotatable bonds is 6. The van der Waals surface area contributed by atoms with Crippen molar-refractivity contribution in [2.45, 2.75) is 19.3 Å². The maximum atomic E-state index is 11.2. The van der Waals surface area contributed by atoms with E-state index in [-0.39, 0.29) is 11.8 Å². The second-order valence-electron chi connectivity index (χ2n) is 5.04. The van der Waals surface area contributed by atoms with Crippen molar-refractivity contribution in [1.29, 1.82) is 0 Å². The summed E-state index contributed by atoms with van der Waals surface area (Å²) in [5.41, 5.74) is 5.37. The first-order valence-electron chi connectivity index (χ1n) is 6.88. The van der Waals surface area contributed by atoms with Crippen molar-refractivity contribution >= 4 is 23.3 Å². The van der Waals surface area contributed by atoms with Crippen molar-refractivity contribution in [1.82, 2.24) is 14.9 Å². The third-order valence-electron chi connectivity index (χ3n) is 3.52. The zero-order valence-corrected chi connectivity index (χ0v) is 12.1. The fourth-order valence-electron chi connectivity index (χ4n) is 2.44. The highest BCUT2D eigenvalue weighted by molar-refractivity contribution is 6.32. The topological polar surface area (TPSA) is 84.1 Å². The Hall–Kier alpha value is -1.40. The predicted octanol–water partition coefficient (Wildman–Crippen LogP) is 1.13. The molecule has 3 N–H and O–H groups in total. The van der Waals surface area contributed by atoms with E-state index in [9.17, 15) is 4.79 Å². The standard InChI is InChI=1S/C13H20ClN5O/c14-11-7-16-9-18-13(11)17-4-2-6-19-5-1-3-10(8-19)12(15)20/h7,9-10H,1-6,8H2,(H2,15,20)(H,16,17,18). The van der Waals surface area contributed by atoms with E-state index in [0.29, 0.717) is 10.8 Å². The number of carbonyl (C=O) groups is 1. The van der Waals surface area contributed by atoms with Gasteiger partial charge in [0.1, 0.15) is 17.2 Å². The number of piperidine rings is 1. The minimum Gasteiger partial charge on any atom is -0.369 e. The maximum absolute atomic E-state index is 11.2. The Balaban J connectivity index is 1.68. The summed E-state index contributed by atoms with van der Waals surface area (Å²) in [6, 6.07) is 0. The second kappa shape index (κ2) is 7.40. The van der Waals surface area contributed by atoms with Gasteiger partial charge in [-0.3, -0.25) is 4.79 Å². The fraction of sp³-hybridized carbons (Fsp3) is 0.615. The van der Waals surface area contributed by atoms with Crippen LogP contribution in [-0.4, -0.2) is 47.0 Å². The van der Waals surface area contributed by atoms with Crippen LogP contribution in [0.15, 0.2) is 12.5 Å². The third kappa shape index (κ3) is 4.31. The molecule has 1 aliphatic heterocycles. The lowest BCUT2D eigenvalue weighted by atomic mass is 9.97. The number of aromatic nitrogens is 2. The number of likely N-dealkylation sites (tertiary alicyclic amines) is 1. The van der Waals surface area contributed by atoms with Crippen LogP contribution in [0.4, 0.5) is 5.82 Å². The molecule has 0 aliphatic carbocycles. The Morgan fingerprint density at radius 2 is 2.45 bits per heavy atom. The molecule has 1 amide bonds. The smallest absolute Gasteiger partial charge is 0.221 e. The van der Waals surface area contributed by atoms with Crippen molar-refractivity contribution < 1.29 is 4.79 Å². The molecule has 1 atom stereocenters. The van der Waals surface area contributed by atoms with Gasteiger partial charge in [-0.15, -0.1) is 0 Å². The third-order valence-corrected chi connectivity index (χ3v) is 3.80. The molecule has 0 aromatic carbocycles. The highest BCUT2D eigenvalue weighted by Gasteiger charge is 2.23. The number of carbonyl (C=O) groups excluding carboxylic acids is 1. The van der Waals surface area contributed by atoms with Crippen molar-refractivity contribution in [2.75, 3.05) is 31.5 Å². The Morgan fingerprint density at radius 3 is 3.20 bits per heavy atom. The summed E-state index contributed by atoms with van der Waals surface area (Å²) in [5.74, 6) is 0.490. The quantitative estimate of drug-likeness (QED) is 0.769. The van der Waals surface area contributed by atoms with Gasteiger partial charge in [0.05, 0.1) is 12.1 Å². The molecule has 7 heteroatoms. The zero-order valence-electron chi connectivity index (χ0n) is 11.4. The summed E-state index contributed by atoms with van der Waals surface area (Å²) in [7, 11) is 0. The number of amides is 1. The van der Waals surface area contributed by atoms with Crippen molar-refractivity contribution in [3.8, 4) is 0 Å².